The third-order valence-electron chi connectivity index (χ3n) is 2.53. The minimum atomic E-state index is 0.382. The van der Waals surface area contributed by atoms with Crippen LogP contribution in [-0.2, 0) is 0 Å². The van der Waals surface area contributed by atoms with E-state index in [9.17, 15) is 0 Å². The molecule has 0 aliphatic carbocycles. The molecule has 1 unspecified atom stereocenters. The molecule has 0 aromatic heterocycles. The molecule has 1 aromatic carbocycles. The molecule has 1 atom stereocenters. The molecule has 84 valence electrons. The molecule has 0 saturated heterocycles. The molecule has 3 nitrogen and oxygen atoms in total. The van der Waals surface area contributed by atoms with E-state index in [-0.39, 0.29) is 0 Å². The first-order valence-corrected chi connectivity index (χ1v) is 5.27. The van der Waals surface area contributed by atoms with Gasteiger partial charge < -0.3 is 15.4 Å². The van der Waals surface area contributed by atoms with Crippen LogP contribution >= 0.6 is 0 Å². The van der Waals surface area contributed by atoms with Gasteiger partial charge in [0.05, 0.1) is 7.11 Å². The molecule has 2 N–H and O–H groups in total. The Balaban J connectivity index is 2.72. The first-order chi connectivity index (χ1) is 7.31. The van der Waals surface area contributed by atoms with Crippen LogP contribution in [0.5, 0.6) is 5.75 Å². The van der Waals surface area contributed by atoms with E-state index in [1.165, 1.54) is 5.56 Å². The number of benzene rings is 1. The summed E-state index contributed by atoms with van der Waals surface area (Å²) in [6.07, 6.45) is 1.07. The van der Waals surface area contributed by atoms with Crippen LogP contribution in [0.4, 0.5) is 0 Å². The Kier molecular flexibility index (Phi) is 5.15. The minimum absolute atomic E-state index is 0.382. The summed E-state index contributed by atoms with van der Waals surface area (Å²) in [6, 6.07) is 8.58. The van der Waals surface area contributed by atoms with Crippen LogP contribution in [0, 0.1) is 0 Å². The Bertz CT molecular complexity index is 289. The Morgan fingerprint density at radius 1 is 1.33 bits per heavy atom. The standard InChI is InChI=1S/C12H20N2O/c1-13-8-7-12(14-2)10-5-4-6-11(9-10)15-3/h4-6,9,12-14H,7-8H2,1-3H3. The van der Waals surface area contributed by atoms with Crippen LogP contribution < -0.4 is 15.4 Å². The summed E-state index contributed by atoms with van der Waals surface area (Å²) in [5, 5.41) is 6.47. The SMILES string of the molecule is CNCCC(NC)c1cccc(OC)c1. The topological polar surface area (TPSA) is 33.3 Å². The van der Waals surface area contributed by atoms with Crippen LogP contribution in [0.15, 0.2) is 24.3 Å². The van der Waals surface area contributed by atoms with Crippen molar-refractivity contribution in [2.75, 3.05) is 27.7 Å². The lowest BCUT2D eigenvalue weighted by molar-refractivity contribution is 0.413. The highest BCUT2D eigenvalue weighted by Crippen LogP contribution is 2.20. The molecule has 1 aromatic rings. The monoisotopic (exact) mass is 208 g/mol. The van der Waals surface area contributed by atoms with Crippen LogP contribution in [0.25, 0.3) is 0 Å². The van der Waals surface area contributed by atoms with Crippen molar-refractivity contribution in [3.8, 4) is 5.75 Å². The molecule has 0 heterocycles. The molecule has 0 radical (unpaired) electrons. The van der Waals surface area contributed by atoms with Crippen LogP contribution in [0.3, 0.4) is 0 Å². The fourth-order valence-corrected chi connectivity index (χ4v) is 1.62. The molecule has 0 amide bonds. The Labute approximate surface area is 91.8 Å². The van der Waals surface area contributed by atoms with Crippen molar-refractivity contribution in [3.63, 3.8) is 0 Å². The third kappa shape index (κ3) is 3.53. The van der Waals surface area contributed by atoms with Crippen molar-refractivity contribution < 1.29 is 4.74 Å². The smallest absolute Gasteiger partial charge is 0.119 e. The largest absolute Gasteiger partial charge is 0.497 e. The normalized spacial score (nSPS) is 12.5. The van der Waals surface area contributed by atoms with Crippen molar-refractivity contribution >= 4 is 0 Å². The summed E-state index contributed by atoms with van der Waals surface area (Å²) >= 11 is 0. The highest BCUT2D eigenvalue weighted by Gasteiger charge is 2.08. The Morgan fingerprint density at radius 3 is 2.73 bits per heavy atom. The Hall–Kier alpha value is -1.06. The van der Waals surface area contributed by atoms with E-state index in [0.717, 1.165) is 18.7 Å². The van der Waals surface area contributed by atoms with Gasteiger partial charge in [-0.15, -0.1) is 0 Å². The summed E-state index contributed by atoms with van der Waals surface area (Å²) in [7, 11) is 5.65. The van der Waals surface area contributed by atoms with Gasteiger partial charge in [-0.25, -0.2) is 0 Å². The maximum Gasteiger partial charge on any atom is 0.119 e. The lowest BCUT2D eigenvalue weighted by atomic mass is 10.0. The van der Waals surface area contributed by atoms with E-state index in [1.807, 2.05) is 26.2 Å². The van der Waals surface area contributed by atoms with Gasteiger partial charge in [0.25, 0.3) is 0 Å². The van der Waals surface area contributed by atoms with E-state index < -0.39 is 0 Å². The molecular weight excluding hydrogens is 188 g/mol. The van der Waals surface area contributed by atoms with Crippen LogP contribution in [0.1, 0.15) is 18.0 Å². The van der Waals surface area contributed by atoms with Gasteiger partial charge in [0, 0.05) is 6.04 Å². The van der Waals surface area contributed by atoms with Crippen molar-refractivity contribution in [1.82, 2.24) is 10.6 Å². The number of hydrogen-bond donors (Lipinski definition) is 2. The summed E-state index contributed by atoms with van der Waals surface area (Å²) in [4.78, 5) is 0. The molecule has 0 fully saturated rings. The summed E-state index contributed by atoms with van der Waals surface area (Å²) < 4.78 is 5.21. The quantitative estimate of drug-likeness (QED) is 0.744. The fourth-order valence-electron chi connectivity index (χ4n) is 1.62. The maximum atomic E-state index is 5.21. The van der Waals surface area contributed by atoms with Crippen molar-refractivity contribution in [3.05, 3.63) is 29.8 Å². The van der Waals surface area contributed by atoms with Gasteiger partial charge >= 0.3 is 0 Å². The van der Waals surface area contributed by atoms with Gasteiger partial charge in [0.2, 0.25) is 0 Å². The second-order valence-corrected chi connectivity index (χ2v) is 3.51. The van der Waals surface area contributed by atoms with E-state index >= 15 is 0 Å². The predicted molar refractivity (Wildman–Crippen MR) is 63.3 cm³/mol. The van der Waals surface area contributed by atoms with Crippen molar-refractivity contribution in [2.24, 2.45) is 0 Å². The van der Waals surface area contributed by atoms with Gasteiger partial charge in [-0.2, -0.15) is 0 Å². The minimum Gasteiger partial charge on any atom is -0.497 e. The maximum absolute atomic E-state index is 5.21. The average Bonchev–Trinajstić information content (AvgIpc) is 2.30. The van der Waals surface area contributed by atoms with Crippen LogP contribution in [0.2, 0.25) is 0 Å². The second kappa shape index (κ2) is 6.43. The van der Waals surface area contributed by atoms with Crippen molar-refractivity contribution in [2.45, 2.75) is 12.5 Å². The average molecular weight is 208 g/mol. The Morgan fingerprint density at radius 2 is 2.13 bits per heavy atom. The van der Waals surface area contributed by atoms with Gasteiger partial charge in [0.15, 0.2) is 0 Å². The summed E-state index contributed by atoms with van der Waals surface area (Å²) in [5.74, 6) is 0.914. The number of hydrogen-bond acceptors (Lipinski definition) is 3. The molecule has 1 rings (SSSR count). The van der Waals surface area contributed by atoms with E-state index in [2.05, 4.69) is 22.8 Å². The third-order valence-corrected chi connectivity index (χ3v) is 2.53. The number of ether oxygens (including phenoxy) is 1. The number of methoxy groups -OCH3 is 1. The molecule has 0 aliphatic heterocycles. The lowest BCUT2D eigenvalue weighted by Gasteiger charge is -2.17. The molecule has 15 heavy (non-hydrogen) atoms. The molecule has 0 spiro atoms. The number of nitrogens with one attached hydrogen (secondary N) is 2. The zero-order chi connectivity index (χ0) is 11.1. The molecule has 0 saturated carbocycles. The summed E-state index contributed by atoms with van der Waals surface area (Å²) in [6.45, 7) is 1.00. The lowest BCUT2D eigenvalue weighted by Crippen LogP contribution is -2.21. The van der Waals surface area contributed by atoms with Gasteiger partial charge in [-0.05, 0) is 44.8 Å². The predicted octanol–water partition coefficient (Wildman–Crippen LogP) is 1.57. The molecular formula is C12H20N2O. The fraction of sp³-hybridized carbons (Fsp3) is 0.500. The van der Waals surface area contributed by atoms with E-state index in [0.29, 0.717) is 6.04 Å². The molecule has 3 heteroatoms. The summed E-state index contributed by atoms with van der Waals surface area (Å²) in [5.41, 5.74) is 1.27. The van der Waals surface area contributed by atoms with Crippen molar-refractivity contribution in [1.29, 1.82) is 0 Å². The van der Waals surface area contributed by atoms with Gasteiger partial charge in [-0.3, -0.25) is 0 Å². The highest BCUT2D eigenvalue weighted by molar-refractivity contribution is 5.30. The van der Waals surface area contributed by atoms with Gasteiger partial charge in [-0.1, -0.05) is 12.1 Å². The first-order valence-electron chi connectivity index (χ1n) is 5.27. The van der Waals surface area contributed by atoms with E-state index in [4.69, 9.17) is 4.74 Å². The zero-order valence-electron chi connectivity index (χ0n) is 9.71. The second-order valence-electron chi connectivity index (χ2n) is 3.51. The molecule has 0 bridgehead atoms. The van der Waals surface area contributed by atoms with E-state index in [1.54, 1.807) is 7.11 Å². The van der Waals surface area contributed by atoms with Crippen LogP contribution in [-0.4, -0.2) is 27.7 Å². The molecule has 0 aliphatic rings. The highest BCUT2D eigenvalue weighted by atomic mass is 16.5. The van der Waals surface area contributed by atoms with Gasteiger partial charge in [0.1, 0.15) is 5.75 Å². The zero-order valence-corrected chi connectivity index (χ0v) is 9.71. The number of rotatable bonds is 6. The first kappa shape index (κ1) is 12.0.